The number of hydrogen-bond donors (Lipinski definition) is 1. The van der Waals surface area contributed by atoms with Crippen LogP contribution in [-0.4, -0.2) is 9.38 Å². The molecule has 0 radical (unpaired) electrons. The number of nitrogens with two attached hydrogens (primary N) is 1. The van der Waals surface area contributed by atoms with E-state index in [1.165, 1.54) is 0 Å². The standard InChI is InChI=1S/C14H11Cl2N3O/c15-11-5-9(17)6-12(16)14(11)20-8-10-7-19-4-2-1-3-13(19)18-10/h1-7H,8,17H2. The summed E-state index contributed by atoms with van der Waals surface area (Å²) in [5.41, 5.74) is 7.80. The van der Waals surface area contributed by atoms with E-state index in [9.17, 15) is 0 Å². The molecule has 0 bridgehead atoms. The lowest BCUT2D eigenvalue weighted by Crippen LogP contribution is -1.97. The molecule has 3 aromatic rings. The van der Waals surface area contributed by atoms with Crippen molar-refractivity contribution in [1.29, 1.82) is 0 Å². The van der Waals surface area contributed by atoms with Crippen LogP contribution in [-0.2, 0) is 6.61 Å². The van der Waals surface area contributed by atoms with Gasteiger partial charge in [0.05, 0.1) is 15.7 Å². The van der Waals surface area contributed by atoms with Gasteiger partial charge >= 0.3 is 0 Å². The molecule has 0 amide bonds. The van der Waals surface area contributed by atoms with E-state index in [1.54, 1.807) is 12.1 Å². The van der Waals surface area contributed by atoms with Gasteiger partial charge in [-0.3, -0.25) is 0 Å². The van der Waals surface area contributed by atoms with Crippen molar-refractivity contribution in [2.45, 2.75) is 6.61 Å². The molecular weight excluding hydrogens is 297 g/mol. The normalized spacial score (nSPS) is 10.9. The molecule has 0 aliphatic rings. The summed E-state index contributed by atoms with van der Waals surface area (Å²) in [5.74, 6) is 0.416. The molecule has 4 nitrogen and oxygen atoms in total. The number of imidazole rings is 1. The second-order valence-corrected chi connectivity index (χ2v) is 5.12. The monoisotopic (exact) mass is 307 g/mol. The Kier molecular flexibility index (Phi) is 3.42. The second-order valence-electron chi connectivity index (χ2n) is 4.30. The SMILES string of the molecule is Nc1cc(Cl)c(OCc2cn3ccccc3n2)c(Cl)c1. The van der Waals surface area contributed by atoms with Gasteiger partial charge in [0.1, 0.15) is 12.3 Å². The topological polar surface area (TPSA) is 52.5 Å². The van der Waals surface area contributed by atoms with E-state index in [-0.39, 0.29) is 6.61 Å². The van der Waals surface area contributed by atoms with E-state index in [0.717, 1.165) is 11.3 Å². The van der Waals surface area contributed by atoms with Crippen molar-refractivity contribution < 1.29 is 4.74 Å². The molecule has 0 spiro atoms. The van der Waals surface area contributed by atoms with Crippen molar-refractivity contribution in [3.63, 3.8) is 0 Å². The molecule has 20 heavy (non-hydrogen) atoms. The maximum Gasteiger partial charge on any atom is 0.157 e. The largest absolute Gasteiger partial charge is 0.484 e. The van der Waals surface area contributed by atoms with Crippen molar-refractivity contribution in [2.24, 2.45) is 0 Å². The van der Waals surface area contributed by atoms with Crippen molar-refractivity contribution in [3.05, 3.63) is 58.5 Å². The summed E-state index contributed by atoms with van der Waals surface area (Å²) in [4.78, 5) is 4.43. The highest BCUT2D eigenvalue weighted by atomic mass is 35.5. The minimum Gasteiger partial charge on any atom is -0.484 e. The molecule has 3 rings (SSSR count). The quantitative estimate of drug-likeness (QED) is 0.749. The zero-order chi connectivity index (χ0) is 14.1. The highest BCUT2D eigenvalue weighted by Crippen LogP contribution is 2.35. The average molecular weight is 308 g/mol. The first-order valence-corrected chi connectivity index (χ1v) is 6.69. The number of aromatic nitrogens is 2. The summed E-state index contributed by atoms with van der Waals surface area (Å²) < 4.78 is 7.56. The molecule has 2 aromatic heterocycles. The van der Waals surface area contributed by atoms with Crippen molar-refractivity contribution in [2.75, 3.05) is 5.73 Å². The van der Waals surface area contributed by atoms with Crippen molar-refractivity contribution in [1.82, 2.24) is 9.38 Å². The molecule has 0 atom stereocenters. The lowest BCUT2D eigenvalue weighted by Gasteiger charge is -2.09. The molecule has 102 valence electrons. The first-order chi connectivity index (χ1) is 9.63. The van der Waals surface area contributed by atoms with Crippen LogP contribution in [0.25, 0.3) is 5.65 Å². The van der Waals surface area contributed by atoms with E-state index < -0.39 is 0 Å². The van der Waals surface area contributed by atoms with Gasteiger partial charge in [0.15, 0.2) is 5.75 Å². The van der Waals surface area contributed by atoms with Crippen LogP contribution in [0.5, 0.6) is 5.75 Å². The van der Waals surface area contributed by atoms with Gasteiger partial charge in [-0.05, 0) is 24.3 Å². The maximum atomic E-state index is 6.06. The molecular formula is C14H11Cl2N3O. The Bertz CT molecular complexity index is 714. The minimum atomic E-state index is 0.283. The minimum absolute atomic E-state index is 0.283. The number of fused-ring (bicyclic) bond motifs is 1. The third kappa shape index (κ3) is 2.53. The fraction of sp³-hybridized carbons (Fsp3) is 0.0714. The van der Waals surface area contributed by atoms with Gasteiger partial charge in [-0.1, -0.05) is 29.3 Å². The Morgan fingerprint density at radius 1 is 1.20 bits per heavy atom. The molecule has 2 heterocycles. The summed E-state index contributed by atoms with van der Waals surface area (Å²) in [7, 11) is 0. The van der Waals surface area contributed by atoms with E-state index in [4.69, 9.17) is 33.7 Å². The Hall–Kier alpha value is -1.91. The van der Waals surface area contributed by atoms with Gasteiger partial charge in [-0.15, -0.1) is 0 Å². The number of pyridine rings is 1. The van der Waals surface area contributed by atoms with Crippen molar-refractivity contribution >= 4 is 34.5 Å². The molecule has 0 saturated heterocycles. The predicted octanol–water partition coefficient (Wildman–Crippen LogP) is 3.80. The molecule has 0 fully saturated rings. The Morgan fingerprint density at radius 3 is 2.65 bits per heavy atom. The van der Waals surface area contributed by atoms with Gasteiger partial charge in [0, 0.05) is 18.1 Å². The van der Waals surface area contributed by atoms with E-state index in [1.807, 2.05) is 35.0 Å². The molecule has 1 aromatic carbocycles. The molecule has 0 aliphatic carbocycles. The summed E-state index contributed by atoms with van der Waals surface area (Å²) in [6, 6.07) is 9.00. The van der Waals surface area contributed by atoms with Gasteiger partial charge < -0.3 is 14.9 Å². The maximum absolute atomic E-state index is 6.06. The van der Waals surface area contributed by atoms with Crippen LogP contribution in [0.15, 0.2) is 42.7 Å². The number of hydrogen-bond acceptors (Lipinski definition) is 3. The number of nitrogen functional groups attached to an aromatic ring is 1. The Labute approximate surface area is 125 Å². The molecule has 0 saturated carbocycles. The zero-order valence-corrected chi connectivity index (χ0v) is 11.9. The summed E-state index contributed by atoms with van der Waals surface area (Å²) in [6.45, 7) is 0.283. The third-order valence-electron chi connectivity index (χ3n) is 2.80. The van der Waals surface area contributed by atoms with E-state index in [0.29, 0.717) is 21.5 Å². The Balaban J connectivity index is 1.83. The fourth-order valence-corrected chi connectivity index (χ4v) is 2.53. The third-order valence-corrected chi connectivity index (χ3v) is 3.36. The lowest BCUT2D eigenvalue weighted by atomic mass is 10.3. The fourth-order valence-electron chi connectivity index (χ4n) is 1.92. The molecule has 6 heteroatoms. The van der Waals surface area contributed by atoms with Crippen LogP contribution in [0, 0.1) is 0 Å². The lowest BCUT2D eigenvalue weighted by molar-refractivity contribution is 0.302. The predicted molar refractivity (Wildman–Crippen MR) is 80.4 cm³/mol. The van der Waals surface area contributed by atoms with Crippen LogP contribution < -0.4 is 10.5 Å². The summed E-state index contributed by atoms with van der Waals surface area (Å²) in [5, 5.41) is 0.775. The second kappa shape index (κ2) is 5.23. The molecule has 0 unspecified atom stereocenters. The Morgan fingerprint density at radius 2 is 1.95 bits per heavy atom. The van der Waals surface area contributed by atoms with Gasteiger partial charge in [0.2, 0.25) is 0 Å². The highest BCUT2D eigenvalue weighted by Gasteiger charge is 2.10. The van der Waals surface area contributed by atoms with Crippen LogP contribution in [0.3, 0.4) is 0 Å². The van der Waals surface area contributed by atoms with Crippen LogP contribution in [0.4, 0.5) is 5.69 Å². The number of halogens is 2. The van der Waals surface area contributed by atoms with Crippen LogP contribution in [0.2, 0.25) is 10.0 Å². The summed E-state index contributed by atoms with van der Waals surface area (Å²) >= 11 is 12.1. The van der Waals surface area contributed by atoms with Crippen LogP contribution >= 0.6 is 23.2 Å². The van der Waals surface area contributed by atoms with Gasteiger partial charge in [-0.2, -0.15) is 0 Å². The summed E-state index contributed by atoms with van der Waals surface area (Å²) in [6.07, 6.45) is 3.82. The number of ether oxygens (including phenoxy) is 1. The first-order valence-electron chi connectivity index (χ1n) is 5.93. The van der Waals surface area contributed by atoms with E-state index >= 15 is 0 Å². The highest BCUT2D eigenvalue weighted by molar-refractivity contribution is 6.37. The average Bonchev–Trinajstić information content (AvgIpc) is 2.80. The number of rotatable bonds is 3. The van der Waals surface area contributed by atoms with Crippen molar-refractivity contribution in [3.8, 4) is 5.75 Å². The zero-order valence-electron chi connectivity index (χ0n) is 10.4. The van der Waals surface area contributed by atoms with Gasteiger partial charge in [0.25, 0.3) is 0 Å². The number of benzene rings is 1. The van der Waals surface area contributed by atoms with Gasteiger partial charge in [-0.25, -0.2) is 4.98 Å². The number of anilines is 1. The van der Waals surface area contributed by atoms with E-state index in [2.05, 4.69) is 4.98 Å². The number of nitrogens with zero attached hydrogens (tertiary/aromatic N) is 2. The molecule has 2 N–H and O–H groups in total. The first kappa shape index (κ1) is 13.1. The molecule has 0 aliphatic heterocycles. The smallest absolute Gasteiger partial charge is 0.157 e. The van der Waals surface area contributed by atoms with Crippen LogP contribution in [0.1, 0.15) is 5.69 Å².